The van der Waals surface area contributed by atoms with E-state index in [1.54, 1.807) is 17.5 Å². The van der Waals surface area contributed by atoms with Crippen molar-refractivity contribution in [3.63, 3.8) is 0 Å². The number of nitrogens with one attached hydrogen (secondary N) is 1. The number of halogens is 2. The monoisotopic (exact) mass is 302 g/mol. The lowest BCUT2D eigenvalue weighted by Crippen LogP contribution is -1.98. The SMILES string of the molecule is Clc1ccc(NCc2ccc(Br)s2)nc1. The molecule has 1 N–H and O–H groups in total. The fraction of sp³-hybridized carbons (Fsp3) is 0.100. The van der Waals surface area contributed by atoms with Gasteiger partial charge in [0.1, 0.15) is 5.82 Å². The zero-order valence-electron chi connectivity index (χ0n) is 7.71. The zero-order valence-corrected chi connectivity index (χ0v) is 10.9. The molecular weight excluding hydrogens is 296 g/mol. The summed E-state index contributed by atoms with van der Waals surface area (Å²) in [4.78, 5) is 5.41. The minimum absolute atomic E-state index is 0.652. The molecule has 2 aromatic heterocycles. The van der Waals surface area contributed by atoms with E-state index in [0.717, 1.165) is 16.1 Å². The Labute approximate surface area is 105 Å². The minimum atomic E-state index is 0.652. The third-order valence-corrected chi connectivity index (χ3v) is 3.65. The van der Waals surface area contributed by atoms with Gasteiger partial charge in [-0.2, -0.15) is 0 Å². The minimum Gasteiger partial charge on any atom is -0.365 e. The van der Waals surface area contributed by atoms with Crippen molar-refractivity contribution >= 4 is 44.7 Å². The van der Waals surface area contributed by atoms with Gasteiger partial charge in [-0.05, 0) is 40.2 Å². The maximum atomic E-state index is 5.74. The molecule has 78 valence electrons. The van der Waals surface area contributed by atoms with E-state index in [-0.39, 0.29) is 0 Å². The van der Waals surface area contributed by atoms with E-state index in [1.165, 1.54) is 4.88 Å². The van der Waals surface area contributed by atoms with Crippen molar-refractivity contribution in [1.82, 2.24) is 4.98 Å². The van der Waals surface area contributed by atoms with Crippen LogP contribution in [0, 0.1) is 0 Å². The zero-order chi connectivity index (χ0) is 10.7. The van der Waals surface area contributed by atoms with E-state index in [2.05, 4.69) is 32.3 Å². The molecule has 5 heteroatoms. The van der Waals surface area contributed by atoms with E-state index in [9.17, 15) is 0 Å². The second kappa shape index (κ2) is 4.96. The van der Waals surface area contributed by atoms with E-state index in [1.807, 2.05) is 18.2 Å². The lowest BCUT2D eigenvalue weighted by Gasteiger charge is -2.02. The number of rotatable bonds is 3. The van der Waals surface area contributed by atoms with Crippen LogP contribution in [-0.2, 0) is 6.54 Å². The first-order chi connectivity index (χ1) is 7.24. The van der Waals surface area contributed by atoms with Gasteiger partial charge >= 0.3 is 0 Å². The molecule has 2 nitrogen and oxygen atoms in total. The number of hydrogen-bond donors (Lipinski definition) is 1. The van der Waals surface area contributed by atoms with Crippen molar-refractivity contribution in [2.75, 3.05) is 5.32 Å². The summed E-state index contributed by atoms with van der Waals surface area (Å²) in [6, 6.07) is 7.81. The molecule has 0 saturated heterocycles. The Balaban J connectivity index is 1.96. The highest BCUT2D eigenvalue weighted by Gasteiger charge is 1.98. The standard InChI is InChI=1S/C10H8BrClN2S/c11-9-3-2-8(15-9)6-14-10-4-1-7(12)5-13-10/h1-5H,6H2,(H,13,14). The molecule has 0 bridgehead atoms. The molecule has 0 aliphatic heterocycles. The van der Waals surface area contributed by atoms with Crippen LogP contribution in [0.3, 0.4) is 0 Å². The summed E-state index contributed by atoms with van der Waals surface area (Å²) in [6.45, 7) is 0.783. The summed E-state index contributed by atoms with van der Waals surface area (Å²) in [5, 5.41) is 3.87. The molecule has 0 aliphatic carbocycles. The number of pyridine rings is 1. The summed E-state index contributed by atoms with van der Waals surface area (Å²) in [6.07, 6.45) is 1.63. The van der Waals surface area contributed by atoms with Gasteiger partial charge < -0.3 is 5.32 Å². The van der Waals surface area contributed by atoms with Crippen molar-refractivity contribution in [3.05, 3.63) is 44.1 Å². The van der Waals surface area contributed by atoms with Gasteiger partial charge in [-0.15, -0.1) is 11.3 Å². The fourth-order valence-electron chi connectivity index (χ4n) is 1.10. The molecule has 0 atom stereocenters. The Morgan fingerprint density at radius 2 is 2.20 bits per heavy atom. The van der Waals surface area contributed by atoms with Crippen LogP contribution >= 0.6 is 38.9 Å². The van der Waals surface area contributed by atoms with Gasteiger partial charge in [0, 0.05) is 11.1 Å². The topological polar surface area (TPSA) is 24.9 Å². The first-order valence-electron chi connectivity index (χ1n) is 4.34. The predicted molar refractivity (Wildman–Crippen MR) is 68.6 cm³/mol. The quantitative estimate of drug-likeness (QED) is 0.920. The predicted octanol–water partition coefficient (Wildman–Crippen LogP) is 4.17. The van der Waals surface area contributed by atoms with Crippen LogP contribution in [0.1, 0.15) is 4.88 Å². The number of anilines is 1. The van der Waals surface area contributed by atoms with Gasteiger partial charge in [-0.3, -0.25) is 0 Å². The second-order valence-electron chi connectivity index (χ2n) is 2.92. The summed E-state index contributed by atoms with van der Waals surface area (Å²) >= 11 is 10.9. The number of hydrogen-bond acceptors (Lipinski definition) is 3. The molecule has 2 aromatic rings. The summed E-state index contributed by atoms with van der Waals surface area (Å²) in [7, 11) is 0. The summed E-state index contributed by atoms with van der Waals surface area (Å²) in [5.74, 6) is 0.837. The number of aromatic nitrogens is 1. The van der Waals surface area contributed by atoms with E-state index < -0.39 is 0 Å². The van der Waals surface area contributed by atoms with Gasteiger partial charge in [0.2, 0.25) is 0 Å². The number of nitrogens with zero attached hydrogens (tertiary/aromatic N) is 1. The molecular formula is C10H8BrClN2S. The number of thiophene rings is 1. The molecule has 0 saturated carbocycles. The van der Waals surface area contributed by atoms with Gasteiger partial charge in [0.25, 0.3) is 0 Å². The van der Waals surface area contributed by atoms with Crippen molar-refractivity contribution in [1.29, 1.82) is 0 Å². The van der Waals surface area contributed by atoms with Gasteiger partial charge in [-0.1, -0.05) is 11.6 Å². The highest BCUT2D eigenvalue weighted by Crippen LogP contribution is 2.22. The molecule has 0 unspecified atom stereocenters. The molecule has 0 fully saturated rings. The first kappa shape index (κ1) is 10.9. The van der Waals surface area contributed by atoms with Crippen molar-refractivity contribution in [3.8, 4) is 0 Å². The van der Waals surface area contributed by atoms with Crippen LogP contribution in [0.2, 0.25) is 5.02 Å². The molecule has 2 heterocycles. The highest BCUT2D eigenvalue weighted by molar-refractivity contribution is 9.11. The molecule has 0 aromatic carbocycles. The molecule has 15 heavy (non-hydrogen) atoms. The van der Waals surface area contributed by atoms with Gasteiger partial charge in [0.05, 0.1) is 15.4 Å². The van der Waals surface area contributed by atoms with E-state index in [0.29, 0.717) is 5.02 Å². The fourth-order valence-corrected chi connectivity index (χ4v) is 2.64. The van der Waals surface area contributed by atoms with Crippen LogP contribution in [0.25, 0.3) is 0 Å². The Kier molecular flexibility index (Phi) is 3.61. The van der Waals surface area contributed by atoms with Gasteiger partial charge in [-0.25, -0.2) is 4.98 Å². The van der Waals surface area contributed by atoms with Gasteiger partial charge in [0.15, 0.2) is 0 Å². The Morgan fingerprint density at radius 3 is 2.80 bits per heavy atom. The molecule has 0 spiro atoms. The van der Waals surface area contributed by atoms with Crippen LogP contribution in [0.15, 0.2) is 34.2 Å². The van der Waals surface area contributed by atoms with Crippen molar-refractivity contribution in [2.24, 2.45) is 0 Å². The Morgan fingerprint density at radius 1 is 1.33 bits per heavy atom. The molecule has 0 aliphatic rings. The van der Waals surface area contributed by atoms with E-state index >= 15 is 0 Å². The molecule has 0 radical (unpaired) electrons. The highest BCUT2D eigenvalue weighted by atomic mass is 79.9. The maximum Gasteiger partial charge on any atom is 0.126 e. The first-order valence-corrected chi connectivity index (χ1v) is 6.32. The van der Waals surface area contributed by atoms with Crippen LogP contribution < -0.4 is 5.32 Å². The average Bonchev–Trinajstić information content (AvgIpc) is 2.64. The Hall–Kier alpha value is -0.580. The molecule has 2 rings (SSSR count). The van der Waals surface area contributed by atoms with Crippen LogP contribution in [0.4, 0.5) is 5.82 Å². The van der Waals surface area contributed by atoms with Crippen molar-refractivity contribution in [2.45, 2.75) is 6.54 Å². The largest absolute Gasteiger partial charge is 0.365 e. The Bertz CT molecular complexity index is 441. The van der Waals surface area contributed by atoms with E-state index in [4.69, 9.17) is 11.6 Å². The smallest absolute Gasteiger partial charge is 0.126 e. The van der Waals surface area contributed by atoms with Crippen LogP contribution in [0.5, 0.6) is 0 Å². The lowest BCUT2D eigenvalue weighted by molar-refractivity contribution is 1.14. The third-order valence-electron chi connectivity index (χ3n) is 1.80. The van der Waals surface area contributed by atoms with Crippen molar-refractivity contribution < 1.29 is 0 Å². The average molecular weight is 304 g/mol. The molecule has 0 amide bonds. The maximum absolute atomic E-state index is 5.74. The lowest BCUT2D eigenvalue weighted by atomic mass is 10.4. The second-order valence-corrected chi connectivity index (χ2v) is 5.91. The third kappa shape index (κ3) is 3.19. The summed E-state index contributed by atoms with van der Waals surface area (Å²) < 4.78 is 1.14. The normalized spacial score (nSPS) is 10.3. The van der Waals surface area contributed by atoms with Crippen LogP contribution in [-0.4, -0.2) is 4.98 Å². The summed E-state index contributed by atoms with van der Waals surface area (Å²) in [5.41, 5.74) is 0.